The van der Waals surface area contributed by atoms with E-state index in [9.17, 15) is 13.2 Å². The Morgan fingerprint density at radius 2 is 1.78 bits per heavy atom. The lowest BCUT2D eigenvalue weighted by molar-refractivity contribution is 0.103. The second-order valence-corrected chi connectivity index (χ2v) is 8.53. The molecule has 1 heterocycles. The molecule has 1 fully saturated rings. The molecule has 1 aliphatic rings. The number of ketones is 1. The lowest BCUT2D eigenvalue weighted by atomic mass is 10.00. The van der Waals surface area contributed by atoms with Crippen LogP contribution in [0, 0.1) is 5.92 Å². The Bertz CT molecular complexity index is 870. The number of hydrogen-bond donors (Lipinski definition) is 1. The van der Waals surface area contributed by atoms with Crippen molar-refractivity contribution in [1.82, 2.24) is 9.62 Å². The fourth-order valence-corrected chi connectivity index (χ4v) is 5.21. The molecule has 1 atom stereocenters. The molecule has 0 aromatic heterocycles. The van der Waals surface area contributed by atoms with Crippen LogP contribution in [0.5, 0.6) is 0 Å². The normalized spacial score (nSPS) is 17.9. The largest absolute Gasteiger partial charge is 0.319 e. The molecule has 1 saturated heterocycles. The zero-order chi connectivity index (χ0) is 18.6. The molecule has 0 aliphatic carbocycles. The van der Waals surface area contributed by atoms with Gasteiger partial charge in [0.1, 0.15) is 0 Å². The molecular weight excluding hydrogens is 384 g/mol. The Hall–Kier alpha value is -1.73. The Balaban J connectivity index is 0.00000261. The summed E-state index contributed by atoms with van der Waals surface area (Å²) in [5.74, 6) is 0.0223. The average molecular weight is 409 g/mol. The van der Waals surface area contributed by atoms with E-state index in [1.807, 2.05) is 13.1 Å². The van der Waals surface area contributed by atoms with Gasteiger partial charge in [-0.25, -0.2) is 8.42 Å². The maximum absolute atomic E-state index is 13.2. The maximum Gasteiger partial charge on any atom is 0.243 e. The summed E-state index contributed by atoms with van der Waals surface area (Å²) in [7, 11) is -1.84. The SMILES string of the molecule is CNCC1CCCN(S(=O)(=O)c2ccccc2C(=O)c2ccccc2)C1.Cl. The van der Waals surface area contributed by atoms with Crippen molar-refractivity contribution in [2.75, 3.05) is 26.7 Å². The molecule has 2 aromatic carbocycles. The lowest BCUT2D eigenvalue weighted by Crippen LogP contribution is -2.42. The minimum atomic E-state index is -3.71. The number of piperidine rings is 1. The molecule has 0 bridgehead atoms. The molecule has 5 nitrogen and oxygen atoms in total. The summed E-state index contributed by atoms with van der Waals surface area (Å²) in [6, 6.07) is 15.3. The third-order valence-corrected chi connectivity index (χ3v) is 6.68. The minimum absolute atomic E-state index is 0. The van der Waals surface area contributed by atoms with Gasteiger partial charge in [-0.15, -0.1) is 12.4 Å². The van der Waals surface area contributed by atoms with Crippen LogP contribution in [0.4, 0.5) is 0 Å². The van der Waals surface area contributed by atoms with Crippen molar-refractivity contribution in [3.05, 3.63) is 65.7 Å². The third-order valence-electron chi connectivity index (χ3n) is 4.76. The average Bonchev–Trinajstić information content (AvgIpc) is 2.68. The first kappa shape index (κ1) is 21.6. The van der Waals surface area contributed by atoms with E-state index >= 15 is 0 Å². The fraction of sp³-hybridized carbons (Fsp3) is 0.350. The van der Waals surface area contributed by atoms with E-state index in [4.69, 9.17) is 0 Å². The number of benzene rings is 2. The molecule has 2 aromatic rings. The summed E-state index contributed by atoms with van der Waals surface area (Å²) in [6.07, 6.45) is 1.85. The van der Waals surface area contributed by atoms with Crippen LogP contribution >= 0.6 is 12.4 Å². The quantitative estimate of drug-likeness (QED) is 0.746. The van der Waals surface area contributed by atoms with Crippen LogP contribution in [0.3, 0.4) is 0 Å². The first-order chi connectivity index (χ1) is 12.5. The molecule has 7 heteroatoms. The van der Waals surface area contributed by atoms with Crippen LogP contribution in [0.15, 0.2) is 59.5 Å². The molecule has 0 spiro atoms. The van der Waals surface area contributed by atoms with Gasteiger partial charge < -0.3 is 5.32 Å². The number of nitrogens with zero attached hydrogens (tertiary/aromatic N) is 1. The van der Waals surface area contributed by atoms with Crippen LogP contribution in [0.2, 0.25) is 0 Å². The van der Waals surface area contributed by atoms with Gasteiger partial charge in [0.2, 0.25) is 10.0 Å². The summed E-state index contributed by atoms with van der Waals surface area (Å²) < 4.78 is 28.0. The second-order valence-electron chi connectivity index (χ2n) is 6.62. The van der Waals surface area contributed by atoms with E-state index in [0.29, 0.717) is 24.6 Å². The van der Waals surface area contributed by atoms with Gasteiger partial charge in [-0.3, -0.25) is 4.79 Å². The third kappa shape index (κ3) is 4.76. The van der Waals surface area contributed by atoms with E-state index in [1.165, 1.54) is 10.4 Å². The molecular formula is C20H25ClN2O3S. The van der Waals surface area contributed by atoms with Crippen LogP contribution in [-0.2, 0) is 10.0 Å². The molecule has 3 rings (SSSR count). The van der Waals surface area contributed by atoms with Gasteiger partial charge in [0.25, 0.3) is 0 Å². The van der Waals surface area contributed by atoms with Crippen LogP contribution in [0.25, 0.3) is 0 Å². The van der Waals surface area contributed by atoms with Gasteiger partial charge in [0.05, 0.1) is 4.90 Å². The Morgan fingerprint density at radius 3 is 2.48 bits per heavy atom. The number of sulfonamides is 1. The highest BCUT2D eigenvalue weighted by atomic mass is 35.5. The highest BCUT2D eigenvalue weighted by Crippen LogP contribution is 2.27. The van der Waals surface area contributed by atoms with Gasteiger partial charge in [0.15, 0.2) is 5.78 Å². The molecule has 0 radical (unpaired) electrons. The van der Waals surface area contributed by atoms with E-state index in [0.717, 1.165) is 19.4 Å². The van der Waals surface area contributed by atoms with E-state index in [2.05, 4.69) is 5.32 Å². The monoisotopic (exact) mass is 408 g/mol. The number of hydrogen-bond acceptors (Lipinski definition) is 4. The van der Waals surface area contributed by atoms with Crippen molar-refractivity contribution in [1.29, 1.82) is 0 Å². The van der Waals surface area contributed by atoms with Crippen molar-refractivity contribution in [3.63, 3.8) is 0 Å². The fourth-order valence-electron chi connectivity index (χ4n) is 3.46. The minimum Gasteiger partial charge on any atom is -0.319 e. The van der Waals surface area contributed by atoms with Crippen molar-refractivity contribution < 1.29 is 13.2 Å². The highest BCUT2D eigenvalue weighted by molar-refractivity contribution is 7.89. The summed E-state index contributed by atoms with van der Waals surface area (Å²) in [6.45, 7) is 1.77. The Kier molecular flexibility index (Phi) is 7.56. The van der Waals surface area contributed by atoms with E-state index < -0.39 is 10.0 Å². The zero-order valence-electron chi connectivity index (χ0n) is 15.3. The first-order valence-electron chi connectivity index (χ1n) is 8.87. The number of nitrogens with one attached hydrogen (secondary N) is 1. The number of rotatable bonds is 6. The lowest BCUT2D eigenvalue weighted by Gasteiger charge is -2.32. The van der Waals surface area contributed by atoms with Crippen LogP contribution < -0.4 is 5.32 Å². The predicted octanol–water partition coefficient (Wildman–Crippen LogP) is 2.96. The van der Waals surface area contributed by atoms with Crippen molar-refractivity contribution >= 4 is 28.2 Å². The second kappa shape index (κ2) is 9.46. The van der Waals surface area contributed by atoms with Gasteiger partial charge in [-0.05, 0) is 44.5 Å². The van der Waals surface area contributed by atoms with Crippen molar-refractivity contribution in [2.45, 2.75) is 17.7 Å². The molecule has 1 unspecified atom stereocenters. The van der Waals surface area contributed by atoms with Gasteiger partial charge in [-0.1, -0.05) is 42.5 Å². The van der Waals surface area contributed by atoms with E-state index in [1.54, 1.807) is 42.5 Å². The molecule has 1 aliphatic heterocycles. The highest BCUT2D eigenvalue weighted by Gasteiger charge is 2.32. The molecule has 27 heavy (non-hydrogen) atoms. The smallest absolute Gasteiger partial charge is 0.243 e. The van der Waals surface area contributed by atoms with Crippen molar-refractivity contribution in [2.24, 2.45) is 5.92 Å². The number of halogens is 1. The van der Waals surface area contributed by atoms with Gasteiger partial charge in [0, 0.05) is 24.2 Å². The summed E-state index contributed by atoms with van der Waals surface area (Å²) >= 11 is 0. The summed E-state index contributed by atoms with van der Waals surface area (Å²) in [4.78, 5) is 13.0. The summed E-state index contributed by atoms with van der Waals surface area (Å²) in [5, 5.41) is 3.12. The van der Waals surface area contributed by atoms with Crippen LogP contribution in [0.1, 0.15) is 28.8 Å². The molecule has 0 saturated carbocycles. The van der Waals surface area contributed by atoms with Gasteiger partial charge >= 0.3 is 0 Å². The Labute approximate surface area is 167 Å². The summed E-state index contributed by atoms with van der Waals surface area (Å²) in [5.41, 5.74) is 0.719. The van der Waals surface area contributed by atoms with Crippen molar-refractivity contribution in [3.8, 4) is 0 Å². The number of carbonyl (C=O) groups excluding carboxylic acids is 1. The van der Waals surface area contributed by atoms with Crippen LogP contribution in [-0.4, -0.2) is 45.2 Å². The predicted molar refractivity (Wildman–Crippen MR) is 109 cm³/mol. The zero-order valence-corrected chi connectivity index (χ0v) is 16.9. The first-order valence-corrected chi connectivity index (χ1v) is 10.3. The number of carbonyl (C=O) groups is 1. The molecule has 0 amide bonds. The van der Waals surface area contributed by atoms with Gasteiger partial charge in [-0.2, -0.15) is 4.31 Å². The maximum atomic E-state index is 13.2. The molecule has 146 valence electrons. The molecule has 1 N–H and O–H groups in total. The van der Waals surface area contributed by atoms with E-state index in [-0.39, 0.29) is 28.6 Å². The Morgan fingerprint density at radius 1 is 1.11 bits per heavy atom. The topological polar surface area (TPSA) is 66.5 Å². The standard InChI is InChI=1S/C20H24N2O3S.ClH/c1-21-14-16-8-7-13-22(15-16)26(24,25)19-12-6-5-11-18(19)20(23)17-9-3-2-4-10-17;/h2-6,9-12,16,21H,7-8,13-15H2,1H3;1H.